The summed E-state index contributed by atoms with van der Waals surface area (Å²) in [5, 5.41) is 12.5. The van der Waals surface area contributed by atoms with Crippen LogP contribution < -0.4 is 0 Å². The lowest BCUT2D eigenvalue weighted by molar-refractivity contribution is 0.170. The number of fused-ring (bicyclic) bond motifs is 1. The Bertz CT molecular complexity index is 869. The van der Waals surface area contributed by atoms with E-state index in [4.69, 9.17) is 4.74 Å². The van der Waals surface area contributed by atoms with E-state index in [0.717, 1.165) is 0 Å². The van der Waals surface area contributed by atoms with Gasteiger partial charge in [0, 0.05) is 27.2 Å². The molecule has 0 saturated carbocycles. The fourth-order valence-corrected chi connectivity index (χ4v) is 5.22. The molecule has 0 spiro atoms. The fourth-order valence-electron chi connectivity index (χ4n) is 3.23. The van der Waals surface area contributed by atoms with E-state index in [2.05, 4.69) is 15.3 Å². The number of aromatic nitrogens is 5. The summed E-state index contributed by atoms with van der Waals surface area (Å²) in [6.07, 6.45) is 0. The van der Waals surface area contributed by atoms with Crippen LogP contribution in [0.3, 0.4) is 0 Å². The maximum absolute atomic E-state index is 13.2. The number of aryl methyl sites for hydroxylation is 2. The van der Waals surface area contributed by atoms with Crippen LogP contribution in [0.4, 0.5) is 0 Å². The molecule has 0 aliphatic carbocycles. The molecule has 3 rings (SSSR count). The topological polar surface area (TPSA) is 95.1 Å². The van der Waals surface area contributed by atoms with Crippen LogP contribution in [0.5, 0.6) is 0 Å². The van der Waals surface area contributed by atoms with E-state index in [9.17, 15) is 8.42 Å². The van der Waals surface area contributed by atoms with Gasteiger partial charge in [0.05, 0.1) is 17.4 Å². The van der Waals surface area contributed by atoms with Crippen LogP contribution in [-0.4, -0.2) is 50.9 Å². The van der Waals surface area contributed by atoms with Crippen molar-refractivity contribution in [2.45, 2.75) is 44.9 Å². The SMILES string of the molecule is COCc1nnc2n1CCN(S(=O)(=O)c1c(C)nn(C)c1C)[C@H]2C. The largest absolute Gasteiger partial charge is 0.377 e. The van der Waals surface area contributed by atoms with Crippen molar-refractivity contribution in [3.63, 3.8) is 0 Å². The van der Waals surface area contributed by atoms with Gasteiger partial charge < -0.3 is 9.30 Å². The molecule has 132 valence electrons. The minimum Gasteiger partial charge on any atom is -0.377 e. The van der Waals surface area contributed by atoms with Gasteiger partial charge in [0.2, 0.25) is 10.0 Å². The number of hydrogen-bond acceptors (Lipinski definition) is 6. The smallest absolute Gasteiger partial charge is 0.247 e. The minimum atomic E-state index is -3.66. The first kappa shape index (κ1) is 17.1. The van der Waals surface area contributed by atoms with Crippen LogP contribution in [0.25, 0.3) is 0 Å². The van der Waals surface area contributed by atoms with Crippen LogP contribution in [0.15, 0.2) is 4.90 Å². The second-order valence-electron chi connectivity index (χ2n) is 5.97. The third-order valence-corrected chi connectivity index (χ3v) is 6.71. The Morgan fingerprint density at radius 3 is 2.54 bits per heavy atom. The molecule has 1 aliphatic heterocycles. The predicted octanol–water partition coefficient (Wildman–Crippen LogP) is 0.540. The lowest BCUT2D eigenvalue weighted by atomic mass is 10.2. The van der Waals surface area contributed by atoms with Gasteiger partial charge in [-0.25, -0.2) is 8.42 Å². The monoisotopic (exact) mass is 354 g/mol. The highest BCUT2D eigenvalue weighted by molar-refractivity contribution is 7.89. The second-order valence-corrected chi connectivity index (χ2v) is 7.80. The molecule has 10 heteroatoms. The van der Waals surface area contributed by atoms with E-state index < -0.39 is 16.1 Å². The van der Waals surface area contributed by atoms with Crippen LogP contribution >= 0.6 is 0 Å². The molecule has 0 saturated heterocycles. The molecular weight excluding hydrogens is 332 g/mol. The van der Waals surface area contributed by atoms with Gasteiger partial charge in [0.25, 0.3) is 0 Å². The molecule has 0 N–H and O–H groups in total. The molecule has 0 unspecified atom stereocenters. The van der Waals surface area contributed by atoms with Crippen molar-refractivity contribution in [1.82, 2.24) is 28.9 Å². The second kappa shape index (κ2) is 5.94. The molecule has 1 aliphatic rings. The van der Waals surface area contributed by atoms with Crippen LogP contribution in [0.1, 0.15) is 36.0 Å². The number of rotatable bonds is 4. The maximum Gasteiger partial charge on any atom is 0.247 e. The molecule has 0 amide bonds. The summed E-state index contributed by atoms with van der Waals surface area (Å²) in [4.78, 5) is 0.280. The van der Waals surface area contributed by atoms with Crippen molar-refractivity contribution in [2.24, 2.45) is 7.05 Å². The number of hydrogen-bond donors (Lipinski definition) is 0. The van der Waals surface area contributed by atoms with Gasteiger partial charge in [-0.2, -0.15) is 9.40 Å². The maximum atomic E-state index is 13.2. The van der Waals surface area contributed by atoms with Crippen molar-refractivity contribution in [3.05, 3.63) is 23.0 Å². The highest BCUT2D eigenvalue weighted by atomic mass is 32.2. The Labute approximate surface area is 141 Å². The quantitative estimate of drug-likeness (QED) is 0.795. The van der Waals surface area contributed by atoms with Crippen LogP contribution in [0.2, 0.25) is 0 Å². The van der Waals surface area contributed by atoms with E-state index in [-0.39, 0.29) is 4.90 Å². The molecule has 0 bridgehead atoms. The molecule has 0 fully saturated rings. The van der Waals surface area contributed by atoms with Crippen molar-refractivity contribution in [1.29, 1.82) is 0 Å². The van der Waals surface area contributed by atoms with E-state index in [0.29, 0.717) is 42.7 Å². The predicted molar refractivity (Wildman–Crippen MR) is 85.7 cm³/mol. The Morgan fingerprint density at radius 1 is 1.25 bits per heavy atom. The normalized spacial score (nSPS) is 18.8. The third kappa shape index (κ3) is 2.45. The molecule has 2 aromatic rings. The number of methoxy groups -OCH3 is 1. The summed E-state index contributed by atoms with van der Waals surface area (Å²) < 4.78 is 36.5. The highest BCUT2D eigenvalue weighted by Crippen LogP contribution is 2.32. The summed E-state index contributed by atoms with van der Waals surface area (Å²) in [7, 11) is -0.319. The Kier molecular flexibility index (Phi) is 4.22. The van der Waals surface area contributed by atoms with E-state index in [1.54, 1.807) is 32.7 Å². The Hall–Kier alpha value is -1.78. The Morgan fingerprint density at radius 2 is 1.96 bits per heavy atom. The van der Waals surface area contributed by atoms with Gasteiger partial charge in [0.15, 0.2) is 11.6 Å². The van der Waals surface area contributed by atoms with E-state index in [1.807, 2.05) is 11.5 Å². The molecule has 0 radical (unpaired) electrons. The number of ether oxygens (including phenoxy) is 1. The highest BCUT2D eigenvalue weighted by Gasteiger charge is 2.39. The zero-order valence-corrected chi connectivity index (χ0v) is 15.3. The molecule has 0 aromatic carbocycles. The average Bonchev–Trinajstić information content (AvgIpc) is 3.02. The fraction of sp³-hybridized carbons (Fsp3) is 0.643. The van der Waals surface area contributed by atoms with Crippen LogP contribution in [-0.2, 0) is 35.0 Å². The molecule has 24 heavy (non-hydrogen) atoms. The average molecular weight is 354 g/mol. The third-order valence-electron chi connectivity index (χ3n) is 4.49. The first-order valence-corrected chi connectivity index (χ1v) is 9.16. The van der Waals surface area contributed by atoms with Crippen molar-refractivity contribution in [3.8, 4) is 0 Å². The summed E-state index contributed by atoms with van der Waals surface area (Å²) >= 11 is 0. The van der Waals surface area contributed by atoms with Crippen LogP contribution in [0, 0.1) is 13.8 Å². The zero-order chi connectivity index (χ0) is 17.6. The number of nitrogens with zero attached hydrogens (tertiary/aromatic N) is 6. The molecule has 3 heterocycles. The van der Waals surface area contributed by atoms with Gasteiger partial charge in [-0.1, -0.05) is 0 Å². The minimum absolute atomic E-state index is 0.280. The zero-order valence-electron chi connectivity index (χ0n) is 14.5. The molecule has 1 atom stereocenters. The van der Waals surface area contributed by atoms with Gasteiger partial charge >= 0.3 is 0 Å². The molecule has 9 nitrogen and oxygen atoms in total. The summed E-state index contributed by atoms with van der Waals surface area (Å²) in [5.74, 6) is 1.35. The van der Waals surface area contributed by atoms with Gasteiger partial charge in [-0.3, -0.25) is 4.68 Å². The Balaban J connectivity index is 2.01. The molecular formula is C14H22N6O3S. The van der Waals surface area contributed by atoms with Gasteiger partial charge in [0.1, 0.15) is 11.5 Å². The van der Waals surface area contributed by atoms with Gasteiger partial charge in [-0.15, -0.1) is 10.2 Å². The summed E-state index contributed by atoms with van der Waals surface area (Å²) in [5.41, 5.74) is 1.14. The van der Waals surface area contributed by atoms with E-state index in [1.165, 1.54) is 4.31 Å². The summed E-state index contributed by atoms with van der Waals surface area (Å²) in [6, 6.07) is -0.402. The number of sulfonamides is 1. The van der Waals surface area contributed by atoms with E-state index >= 15 is 0 Å². The van der Waals surface area contributed by atoms with Crippen molar-refractivity contribution < 1.29 is 13.2 Å². The van der Waals surface area contributed by atoms with Gasteiger partial charge in [-0.05, 0) is 20.8 Å². The first-order chi connectivity index (χ1) is 11.3. The van der Waals surface area contributed by atoms with Crippen molar-refractivity contribution in [2.75, 3.05) is 13.7 Å². The molecule has 2 aromatic heterocycles. The lowest BCUT2D eigenvalue weighted by Crippen LogP contribution is -2.41. The summed E-state index contributed by atoms with van der Waals surface area (Å²) in [6.45, 7) is 6.53. The first-order valence-electron chi connectivity index (χ1n) is 7.72. The lowest BCUT2D eigenvalue weighted by Gasteiger charge is -2.32. The van der Waals surface area contributed by atoms with Crippen molar-refractivity contribution >= 4 is 10.0 Å². The standard InChI is InChI=1S/C14H22N6O3S/c1-9-13(10(2)18(4)17-9)24(21,22)20-7-6-19-12(8-23-5)15-16-14(19)11(20)3/h11H,6-8H2,1-5H3/t11-/m0/s1.